The summed E-state index contributed by atoms with van der Waals surface area (Å²) >= 11 is 0. The number of rotatable bonds is 6. The van der Waals surface area contributed by atoms with Crippen molar-refractivity contribution in [2.24, 2.45) is 5.92 Å². The number of nitrogens with zero attached hydrogens (tertiary/aromatic N) is 2. The number of methoxy groups -OCH3 is 1. The Morgan fingerprint density at radius 3 is 2.93 bits per heavy atom. The van der Waals surface area contributed by atoms with E-state index in [0.717, 1.165) is 32.4 Å². The Labute approximate surface area is 164 Å². The molecular weight excluding hydrogens is 364 g/mol. The molecule has 1 aliphatic carbocycles. The quantitative estimate of drug-likeness (QED) is 0.736. The highest BCUT2D eigenvalue weighted by Crippen LogP contribution is 2.63. The van der Waals surface area contributed by atoms with Gasteiger partial charge in [-0.05, 0) is 24.1 Å². The molecule has 1 aromatic heterocycles. The van der Waals surface area contributed by atoms with Crippen LogP contribution in [0.1, 0.15) is 49.7 Å². The van der Waals surface area contributed by atoms with Crippen LogP contribution in [0, 0.1) is 5.92 Å². The summed E-state index contributed by atoms with van der Waals surface area (Å²) in [5.41, 5.74) is -0.307. The maximum absolute atomic E-state index is 11.5. The number of aliphatic hydroxyl groups excluding tert-OH is 1. The second-order valence-electron chi connectivity index (χ2n) is 7.99. The van der Waals surface area contributed by atoms with Crippen molar-refractivity contribution in [2.75, 3.05) is 40.0 Å². The molecule has 4 aliphatic rings. The van der Waals surface area contributed by atoms with E-state index >= 15 is 0 Å². The van der Waals surface area contributed by atoms with Gasteiger partial charge in [0, 0.05) is 19.0 Å². The van der Waals surface area contributed by atoms with Crippen LogP contribution in [0.15, 0.2) is 16.4 Å². The number of hydrogen-bond acceptors (Lipinski definition) is 8. The first kappa shape index (κ1) is 18.4. The second kappa shape index (κ2) is 7.02. The molecule has 4 heterocycles. The second-order valence-corrected chi connectivity index (χ2v) is 7.99. The minimum atomic E-state index is -0.939. The lowest BCUT2D eigenvalue weighted by atomic mass is 9.66. The van der Waals surface area contributed by atoms with Crippen LogP contribution in [-0.2, 0) is 14.2 Å². The monoisotopic (exact) mass is 392 g/mol. The third-order valence-electron chi connectivity index (χ3n) is 6.55. The van der Waals surface area contributed by atoms with Gasteiger partial charge in [0.2, 0.25) is 0 Å². The summed E-state index contributed by atoms with van der Waals surface area (Å²) in [6.45, 7) is 5.61. The predicted octanol–water partition coefficient (Wildman–Crippen LogP) is 1.96. The number of aromatic nitrogens is 1. The third kappa shape index (κ3) is 2.48. The van der Waals surface area contributed by atoms with Crippen molar-refractivity contribution in [3.05, 3.63) is 23.2 Å². The molecule has 28 heavy (non-hydrogen) atoms. The molecule has 1 spiro atoms. The highest BCUT2D eigenvalue weighted by atomic mass is 16.6. The average Bonchev–Trinajstić information content (AvgIpc) is 3.41. The van der Waals surface area contributed by atoms with E-state index in [1.54, 1.807) is 7.11 Å². The van der Waals surface area contributed by atoms with Gasteiger partial charge in [-0.1, -0.05) is 13.3 Å². The van der Waals surface area contributed by atoms with Crippen LogP contribution < -0.4 is 4.74 Å². The first-order chi connectivity index (χ1) is 13.7. The van der Waals surface area contributed by atoms with Gasteiger partial charge in [-0.15, -0.1) is 0 Å². The Kier molecular flexibility index (Phi) is 4.62. The Morgan fingerprint density at radius 2 is 2.18 bits per heavy atom. The third-order valence-corrected chi connectivity index (χ3v) is 6.55. The predicted molar refractivity (Wildman–Crippen MR) is 97.8 cm³/mol. The van der Waals surface area contributed by atoms with Crippen molar-refractivity contribution in [3.8, 4) is 5.88 Å². The molecule has 154 valence electrons. The van der Waals surface area contributed by atoms with Crippen molar-refractivity contribution in [1.82, 2.24) is 10.1 Å². The van der Waals surface area contributed by atoms with Crippen LogP contribution in [-0.4, -0.2) is 66.9 Å². The molecule has 5 atom stereocenters. The zero-order valence-electron chi connectivity index (χ0n) is 16.4. The Bertz CT molecular complexity index is 758. The van der Waals surface area contributed by atoms with Crippen molar-refractivity contribution in [3.63, 3.8) is 0 Å². The highest BCUT2D eigenvalue weighted by molar-refractivity contribution is 5.45. The Morgan fingerprint density at radius 1 is 1.36 bits per heavy atom. The molecular formula is C20H28N2O6. The molecule has 0 amide bonds. The summed E-state index contributed by atoms with van der Waals surface area (Å²) in [6.07, 6.45) is 3.75. The first-order valence-corrected chi connectivity index (χ1v) is 10.3. The molecule has 2 fully saturated rings. The van der Waals surface area contributed by atoms with E-state index in [-0.39, 0.29) is 18.1 Å². The van der Waals surface area contributed by atoms with Gasteiger partial charge in [-0.2, -0.15) is 0 Å². The maximum atomic E-state index is 11.5. The fourth-order valence-electron chi connectivity index (χ4n) is 5.30. The number of unbranched alkanes of at least 4 members (excludes halogenated alkanes) is 1. The van der Waals surface area contributed by atoms with Crippen LogP contribution in [0.2, 0.25) is 0 Å². The fraction of sp³-hybridized carbons (Fsp3) is 0.750. The van der Waals surface area contributed by atoms with E-state index in [1.165, 1.54) is 0 Å². The van der Waals surface area contributed by atoms with E-state index in [1.807, 2.05) is 6.08 Å². The van der Waals surface area contributed by atoms with Gasteiger partial charge in [0.05, 0.1) is 44.6 Å². The standard InChI is InChI=1S/C20H28N2O6/c1-3-4-7-26-19-15-17(28-21-19)16(22-5-8-25-9-6-22)13-10-12-11-14(24-2)20(13,27-12)18(15)23/h11-13,16,18,23H,3-10H2,1-2H3/t12?,13?,16-,18?,20?/m0/s1. The lowest BCUT2D eigenvalue weighted by Crippen LogP contribution is -2.54. The van der Waals surface area contributed by atoms with Gasteiger partial charge in [0.1, 0.15) is 11.9 Å². The summed E-state index contributed by atoms with van der Waals surface area (Å²) in [5.74, 6) is 1.79. The molecule has 8 nitrogen and oxygen atoms in total. The van der Waals surface area contributed by atoms with Crippen molar-refractivity contribution < 1.29 is 28.6 Å². The zero-order chi connectivity index (χ0) is 19.3. The number of aliphatic hydroxyl groups is 1. The van der Waals surface area contributed by atoms with E-state index in [4.69, 9.17) is 23.5 Å². The lowest BCUT2D eigenvalue weighted by Gasteiger charge is -2.48. The molecule has 0 aromatic carbocycles. The molecule has 0 saturated carbocycles. The van der Waals surface area contributed by atoms with Crippen molar-refractivity contribution in [2.45, 2.75) is 50.0 Å². The molecule has 4 unspecified atom stereocenters. The minimum Gasteiger partial charge on any atom is -0.498 e. The minimum absolute atomic E-state index is 0.0227. The van der Waals surface area contributed by atoms with Crippen LogP contribution in [0.25, 0.3) is 0 Å². The van der Waals surface area contributed by atoms with E-state index < -0.39 is 11.7 Å². The molecule has 2 bridgehead atoms. The molecule has 8 heteroatoms. The van der Waals surface area contributed by atoms with Crippen LogP contribution >= 0.6 is 0 Å². The van der Waals surface area contributed by atoms with Gasteiger partial charge in [-0.3, -0.25) is 4.90 Å². The topological polar surface area (TPSA) is 86.4 Å². The molecule has 3 aliphatic heterocycles. The van der Waals surface area contributed by atoms with E-state index in [9.17, 15) is 5.11 Å². The first-order valence-electron chi connectivity index (χ1n) is 10.3. The van der Waals surface area contributed by atoms with Gasteiger partial charge in [-0.25, -0.2) is 0 Å². The molecule has 1 aromatic rings. The summed E-state index contributed by atoms with van der Waals surface area (Å²) in [4.78, 5) is 2.36. The number of morpholine rings is 1. The average molecular weight is 392 g/mol. The van der Waals surface area contributed by atoms with Crippen LogP contribution in [0.3, 0.4) is 0 Å². The lowest BCUT2D eigenvalue weighted by molar-refractivity contribution is -0.140. The molecule has 0 radical (unpaired) electrons. The summed E-state index contributed by atoms with van der Waals surface area (Å²) in [7, 11) is 1.64. The van der Waals surface area contributed by atoms with E-state index in [0.29, 0.717) is 42.8 Å². The van der Waals surface area contributed by atoms with Crippen LogP contribution in [0.4, 0.5) is 0 Å². The smallest absolute Gasteiger partial charge is 0.260 e. The fourth-order valence-corrected chi connectivity index (χ4v) is 5.30. The molecule has 5 rings (SSSR count). The summed E-state index contributed by atoms with van der Waals surface area (Å²) in [5, 5.41) is 15.7. The summed E-state index contributed by atoms with van der Waals surface area (Å²) in [6, 6.07) is -0.0535. The Balaban J connectivity index is 1.59. The van der Waals surface area contributed by atoms with Gasteiger partial charge < -0.3 is 28.6 Å². The molecule has 1 N–H and O–H groups in total. The van der Waals surface area contributed by atoms with Crippen molar-refractivity contribution in [1.29, 1.82) is 0 Å². The SMILES string of the molecule is CCCCOc1noc2c1C(O)C13OC(C=C1OC)CC3[C@@H]2N1CCOCC1. The molecule has 2 saturated heterocycles. The Hall–Kier alpha value is -1.61. The largest absolute Gasteiger partial charge is 0.498 e. The van der Waals surface area contributed by atoms with Gasteiger partial charge >= 0.3 is 0 Å². The van der Waals surface area contributed by atoms with Crippen molar-refractivity contribution >= 4 is 0 Å². The van der Waals surface area contributed by atoms with Gasteiger partial charge in [0.15, 0.2) is 11.4 Å². The normalized spacial score (nSPS) is 36.8. The summed E-state index contributed by atoms with van der Waals surface area (Å²) < 4.78 is 29.3. The number of hydrogen-bond donors (Lipinski definition) is 1. The number of ether oxygens (including phenoxy) is 4. The number of fused-ring (bicyclic) bond motifs is 2. The van der Waals surface area contributed by atoms with Crippen LogP contribution in [0.5, 0.6) is 5.88 Å². The van der Waals surface area contributed by atoms with Gasteiger partial charge in [0.25, 0.3) is 5.88 Å². The van der Waals surface area contributed by atoms with E-state index in [2.05, 4.69) is 17.0 Å². The zero-order valence-corrected chi connectivity index (χ0v) is 16.4. The maximum Gasteiger partial charge on any atom is 0.260 e. The highest BCUT2D eigenvalue weighted by Gasteiger charge is 2.68.